The summed E-state index contributed by atoms with van der Waals surface area (Å²) in [6.07, 6.45) is 3.04. The lowest BCUT2D eigenvalue weighted by Crippen LogP contribution is -2.62. The van der Waals surface area contributed by atoms with Crippen LogP contribution >= 0.6 is 0 Å². The highest BCUT2D eigenvalue weighted by atomic mass is 19.1. The lowest BCUT2D eigenvalue weighted by Gasteiger charge is -2.53. The molecule has 0 unspecified atom stereocenters. The summed E-state index contributed by atoms with van der Waals surface area (Å²) < 4.78 is 20.4. The first kappa shape index (κ1) is 32.4. The largest absolute Gasteiger partial charge is 0.465 e. The predicted octanol–water partition coefficient (Wildman–Crippen LogP) is 5.04. The number of amides is 2. The van der Waals surface area contributed by atoms with Gasteiger partial charge in [-0.25, -0.2) is 14.2 Å². The fourth-order valence-electron chi connectivity index (χ4n) is 6.52. The van der Waals surface area contributed by atoms with Crippen LogP contribution in [-0.2, 0) is 0 Å². The summed E-state index contributed by atoms with van der Waals surface area (Å²) in [5.74, 6) is 0.530. The Morgan fingerprint density at radius 2 is 1.93 bits per heavy atom. The van der Waals surface area contributed by atoms with E-state index in [4.69, 9.17) is 4.74 Å². The van der Waals surface area contributed by atoms with Crippen LogP contribution in [0, 0.1) is 17.2 Å². The average molecular weight is 600 g/mol. The summed E-state index contributed by atoms with van der Waals surface area (Å²) in [4.78, 5) is 35.3. The molecule has 2 N–H and O–H groups in total. The Hall–Kier alpha value is -3.54. The van der Waals surface area contributed by atoms with Gasteiger partial charge in [-0.3, -0.25) is 9.69 Å². The van der Waals surface area contributed by atoms with Gasteiger partial charge in [-0.05, 0) is 78.0 Å². The molecular weight excluding hydrogens is 553 g/mol. The standard InChI is InChI=1S/C31H46FN7O4/c1-8-39(21(4)5)28(40)23-15-22(32)9-10-25(23)43-27-26(33-19-34-36-27)37-14-13-31(16-37)17-38(18-31)24(20(2)3)11-12-30(6,7)35-29(41)42/h9-10,15,19-21,24,35H,8,11-14,16-18H2,1-7H3,(H,41,42)/t24-/m0/s1. The number of rotatable bonds is 12. The molecule has 4 rings (SSSR count). The van der Waals surface area contributed by atoms with E-state index in [2.05, 4.69) is 44.1 Å². The van der Waals surface area contributed by atoms with Crippen LogP contribution in [0.1, 0.15) is 78.1 Å². The first-order valence-electron chi connectivity index (χ1n) is 15.2. The summed E-state index contributed by atoms with van der Waals surface area (Å²) in [5, 5.41) is 20.0. The van der Waals surface area contributed by atoms with Gasteiger partial charge in [-0.15, -0.1) is 10.2 Å². The van der Waals surface area contributed by atoms with Crippen LogP contribution in [-0.4, -0.2) is 92.4 Å². The van der Waals surface area contributed by atoms with Crippen LogP contribution in [0.2, 0.25) is 0 Å². The van der Waals surface area contributed by atoms with Crippen molar-refractivity contribution in [3.63, 3.8) is 0 Å². The van der Waals surface area contributed by atoms with Crippen molar-refractivity contribution in [1.29, 1.82) is 0 Å². The molecule has 43 heavy (non-hydrogen) atoms. The number of nitrogens with one attached hydrogen (secondary N) is 1. The summed E-state index contributed by atoms with van der Waals surface area (Å²) in [6.45, 7) is 17.9. The predicted molar refractivity (Wildman–Crippen MR) is 162 cm³/mol. The fraction of sp³-hybridized carbons (Fsp3) is 0.645. The molecule has 2 fully saturated rings. The average Bonchev–Trinajstić information content (AvgIpc) is 3.34. The number of carbonyl (C=O) groups excluding carboxylic acids is 1. The zero-order valence-corrected chi connectivity index (χ0v) is 26.4. The molecule has 1 aromatic heterocycles. The van der Waals surface area contributed by atoms with Gasteiger partial charge in [-0.2, -0.15) is 0 Å². The monoisotopic (exact) mass is 599 g/mol. The third kappa shape index (κ3) is 7.52. The quantitative estimate of drug-likeness (QED) is 0.345. The number of hydrogen-bond donors (Lipinski definition) is 2. The Balaban J connectivity index is 1.46. The summed E-state index contributed by atoms with van der Waals surface area (Å²) in [7, 11) is 0. The Kier molecular flexibility index (Phi) is 9.78. The van der Waals surface area contributed by atoms with Crippen molar-refractivity contribution in [3.05, 3.63) is 35.9 Å². The Morgan fingerprint density at radius 1 is 1.21 bits per heavy atom. The summed E-state index contributed by atoms with van der Waals surface area (Å²) in [5.41, 5.74) is -0.248. The maximum atomic E-state index is 14.3. The lowest BCUT2D eigenvalue weighted by atomic mass is 9.76. The third-order valence-electron chi connectivity index (χ3n) is 8.74. The highest BCUT2D eigenvalue weighted by Gasteiger charge is 2.50. The highest BCUT2D eigenvalue weighted by Crippen LogP contribution is 2.45. The van der Waals surface area contributed by atoms with Crippen LogP contribution < -0.4 is 15.0 Å². The number of nitrogens with zero attached hydrogens (tertiary/aromatic N) is 6. The molecule has 2 amide bonds. The van der Waals surface area contributed by atoms with Gasteiger partial charge in [-0.1, -0.05) is 13.8 Å². The van der Waals surface area contributed by atoms with Gasteiger partial charge < -0.3 is 25.0 Å². The number of aromatic nitrogens is 3. The van der Waals surface area contributed by atoms with Crippen LogP contribution in [0.25, 0.3) is 0 Å². The van der Waals surface area contributed by atoms with Gasteiger partial charge >= 0.3 is 6.09 Å². The molecule has 2 aliphatic rings. The van der Waals surface area contributed by atoms with E-state index in [9.17, 15) is 19.1 Å². The van der Waals surface area contributed by atoms with Crippen molar-refractivity contribution in [2.24, 2.45) is 11.3 Å². The van der Waals surface area contributed by atoms with E-state index in [1.807, 2.05) is 34.6 Å². The zero-order valence-electron chi connectivity index (χ0n) is 26.4. The Morgan fingerprint density at radius 3 is 2.56 bits per heavy atom. The van der Waals surface area contributed by atoms with Crippen molar-refractivity contribution in [1.82, 2.24) is 30.3 Å². The number of likely N-dealkylation sites (tertiary alicyclic amines) is 1. The SMILES string of the molecule is CCN(C(=O)c1cc(F)ccc1Oc1nncnc1N1CCC2(C1)CN([C@@H](CCC(C)(C)NC(=O)O)C(C)C)C2)C(C)C. The Labute approximate surface area is 253 Å². The molecule has 1 aromatic carbocycles. The van der Waals surface area contributed by atoms with Crippen molar-refractivity contribution >= 4 is 17.8 Å². The molecule has 0 bridgehead atoms. The van der Waals surface area contributed by atoms with Gasteiger partial charge in [0.15, 0.2) is 5.82 Å². The van der Waals surface area contributed by atoms with Crippen LogP contribution in [0.15, 0.2) is 24.5 Å². The summed E-state index contributed by atoms with van der Waals surface area (Å²) in [6, 6.07) is 4.21. The molecule has 11 nitrogen and oxygen atoms in total. The highest BCUT2D eigenvalue weighted by molar-refractivity contribution is 5.97. The molecule has 1 spiro atoms. The van der Waals surface area contributed by atoms with E-state index in [1.165, 1.54) is 24.5 Å². The lowest BCUT2D eigenvalue weighted by molar-refractivity contribution is -0.0355. The second-order valence-corrected chi connectivity index (χ2v) is 13.3. The van der Waals surface area contributed by atoms with Gasteiger partial charge in [0, 0.05) is 55.8 Å². The van der Waals surface area contributed by atoms with Crippen LogP contribution in [0.4, 0.5) is 15.0 Å². The molecular formula is C31H46FN7O4. The maximum absolute atomic E-state index is 14.3. The minimum Gasteiger partial charge on any atom is -0.465 e. The number of halogens is 1. The van der Waals surface area contributed by atoms with E-state index >= 15 is 0 Å². The van der Waals surface area contributed by atoms with E-state index in [0.29, 0.717) is 24.3 Å². The second kappa shape index (κ2) is 13.0. The number of benzene rings is 1. The molecule has 3 heterocycles. The molecule has 236 valence electrons. The van der Waals surface area contributed by atoms with Crippen LogP contribution in [0.3, 0.4) is 0 Å². The van der Waals surface area contributed by atoms with Gasteiger partial charge in [0.05, 0.1) is 5.56 Å². The number of anilines is 1. The molecule has 2 saturated heterocycles. The van der Waals surface area contributed by atoms with Gasteiger partial charge in [0.25, 0.3) is 11.8 Å². The first-order chi connectivity index (χ1) is 20.2. The van der Waals surface area contributed by atoms with E-state index in [1.54, 1.807) is 4.90 Å². The van der Waals surface area contributed by atoms with Crippen molar-refractivity contribution in [2.45, 2.75) is 85.4 Å². The molecule has 0 aliphatic carbocycles. The molecule has 2 aromatic rings. The minimum absolute atomic E-state index is 0.0617. The second-order valence-electron chi connectivity index (χ2n) is 13.3. The normalized spacial score (nSPS) is 17.3. The molecule has 1 atom stereocenters. The first-order valence-corrected chi connectivity index (χ1v) is 15.2. The minimum atomic E-state index is -0.997. The van der Waals surface area contributed by atoms with E-state index in [0.717, 1.165) is 45.4 Å². The molecule has 2 aliphatic heterocycles. The number of carboxylic acid groups (broad SMARTS) is 1. The van der Waals surface area contributed by atoms with Gasteiger partial charge in [0.2, 0.25) is 0 Å². The zero-order chi connectivity index (χ0) is 31.5. The number of ether oxygens (including phenoxy) is 1. The van der Waals surface area contributed by atoms with Gasteiger partial charge in [0.1, 0.15) is 17.9 Å². The van der Waals surface area contributed by atoms with E-state index in [-0.39, 0.29) is 34.6 Å². The number of carbonyl (C=O) groups is 2. The van der Waals surface area contributed by atoms with Crippen LogP contribution in [0.5, 0.6) is 11.6 Å². The molecule has 0 radical (unpaired) electrons. The Bertz CT molecular complexity index is 1300. The molecule has 0 saturated carbocycles. The van der Waals surface area contributed by atoms with Crippen molar-refractivity contribution in [3.8, 4) is 11.6 Å². The van der Waals surface area contributed by atoms with Crippen molar-refractivity contribution in [2.75, 3.05) is 37.6 Å². The maximum Gasteiger partial charge on any atom is 0.405 e. The topological polar surface area (TPSA) is 124 Å². The number of hydrogen-bond acceptors (Lipinski definition) is 8. The van der Waals surface area contributed by atoms with E-state index < -0.39 is 17.4 Å². The third-order valence-corrected chi connectivity index (χ3v) is 8.74. The fourth-order valence-corrected chi connectivity index (χ4v) is 6.52. The molecule has 12 heteroatoms. The summed E-state index contributed by atoms with van der Waals surface area (Å²) >= 11 is 0. The smallest absolute Gasteiger partial charge is 0.405 e. The van der Waals surface area contributed by atoms with Crippen molar-refractivity contribution < 1.29 is 23.8 Å².